The maximum absolute atomic E-state index is 11.4. The highest BCUT2D eigenvalue weighted by atomic mass is 16.6. The molecule has 15 heteroatoms. The lowest BCUT2D eigenvalue weighted by Crippen LogP contribution is -2.15. The van der Waals surface area contributed by atoms with Crippen LogP contribution in [0.3, 0.4) is 0 Å². The molecule has 37 heavy (non-hydrogen) atoms. The molecule has 0 amide bonds. The number of nitro benzene ring substituents is 2. The Morgan fingerprint density at radius 2 is 1.32 bits per heavy atom. The van der Waals surface area contributed by atoms with E-state index in [1.807, 2.05) is 0 Å². The van der Waals surface area contributed by atoms with Gasteiger partial charge in [0.25, 0.3) is 11.4 Å². The summed E-state index contributed by atoms with van der Waals surface area (Å²) in [6, 6.07) is 3.38. The summed E-state index contributed by atoms with van der Waals surface area (Å²) in [5.41, 5.74) is -0.570. The Morgan fingerprint density at radius 3 is 1.86 bits per heavy atom. The minimum Gasteiger partial charge on any atom is -0.481 e. The first kappa shape index (κ1) is 31.6. The number of carboxylic acid groups (broad SMARTS) is 1. The number of carboxylic acids is 1. The highest BCUT2D eigenvalue weighted by Crippen LogP contribution is 2.28. The average Bonchev–Trinajstić information content (AvgIpc) is 2.86. The molecule has 15 nitrogen and oxygen atoms in total. The number of nitrogens with zero attached hydrogens (tertiary/aromatic N) is 2. The Balaban J connectivity index is 1.90. The van der Waals surface area contributed by atoms with E-state index in [-0.39, 0.29) is 62.2 Å². The first-order valence-electron chi connectivity index (χ1n) is 11.7. The van der Waals surface area contributed by atoms with E-state index in [2.05, 4.69) is 5.32 Å². The Bertz CT molecular complexity index is 852. The molecule has 1 aromatic carbocycles. The summed E-state index contributed by atoms with van der Waals surface area (Å²) in [4.78, 5) is 42.2. The number of hydrogen-bond acceptors (Lipinski definition) is 12. The van der Waals surface area contributed by atoms with Crippen LogP contribution in [0.1, 0.15) is 25.7 Å². The lowest BCUT2D eigenvalue weighted by molar-refractivity contribution is -0.393. The van der Waals surface area contributed by atoms with E-state index in [1.165, 1.54) is 12.1 Å². The van der Waals surface area contributed by atoms with Gasteiger partial charge >= 0.3 is 11.9 Å². The van der Waals surface area contributed by atoms with E-state index < -0.39 is 15.8 Å². The molecule has 0 aliphatic heterocycles. The third-order valence-electron chi connectivity index (χ3n) is 4.58. The predicted molar refractivity (Wildman–Crippen MR) is 129 cm³/mol. The van der Waals surface area contributed by atoms with Crippen molar-refractivity contribution in [3.05, 3.63) is 38.4 Å². The molecule has 0 unspecified atom stereocenters. The first-order valence-corrected chi connectivity index (χ1v) is 11.7. The molecule has 0 atom stereocenters. The number of hydrogen-bond donors (Lipinski definition) is 2. The second-order valence-corrected chi connectivity index (χ2v) is 7.41. The second-order valence-electron chi connectivity index (χ2n) is 7.41. The summed E-state index contributed by atoms with van der Waals surface area (Å²) in [7, 11) is 0. The van der Waals surface area contributed by atoms with E-state index in [1.54, 1.807) is 0 Å². The van der Waals surface area contributed by atoms with Gasteiger partial charge in [0.15, 0.2) is 0 Å². The van der Waals surface area contributed by atoms with Crippen LogP contribution in [-0.4, -0.2) is 92.9 Å². The molecule has 0 spiro atoms. The fourth-order valence-electron chi connectivity index (χ4n) is 2.79. The van der Waals surface area contributed by atoms with Gasteiger partial charge in [-0.25, -0.2) is 0 Å². The van der Waals surface area contributed by atoms with Gasteiger partial charge in [-0.15, -0.1) is 0 Å². The van der Waals surface area contributed by atoms with Crippen molar-refractivity contribution < 1.29 is 48.2 Å². The summed E-state index contributed by atoms with van der Waals surface area (Å²) in [6.07, 6.45) is 1.14. The number of nitro groups is 2. The lowest BCUT2D eigenvalue weighted by atomic mass is 10.2. The van der Waals surface area contributed by atoms with Crippen molar-refractivity contribution in [2.75, 3.05) is 71.3 Å². The van der Waals surface area contributed by atoms with E-state index >= 15 is 0 Å². The van der Waals surface area contributed by atoms with Crippen molar-refractivity contribution in [3.8, 4) is 0 Å². The predicted octanol–water partition coefficient (Wildman–Crippen LogP) is 2.17. The molecule has 0 fully saturated rings. The molecule has 0 radical (unpaired) electrons. The zero-order chi connectivity index (χ0) is 27.3. The number of esters is 1. The van der Waals surface area contributed by atoms with Gasteiger partial charge in [-0.05, 0) is 18.9 Å². The van der Waals surface area contributed by atoms with Crippen LogP contribution in [-0.2, 0) is 33.3 Å². The zero-order valence-electron chi connectivity index (χ0n) is 20.5. The summed E-state index contributed by atoms with van der Waals surface area (Å²) in [5.74, 6) is -1.26. The molecule has 0 aromatic heterocycles. The minimum atomic E-state index is -0.883. The monoisotopic (exact) mass is 531 g/mol. The normalized spacial score (nSPS) is 10.7. The lowest BCUT2D eigenvalue weighted by Gasteiger charge is -2.09. The molecule has 0 saturated heterocycles. The van der Waals surface area contributed by atoms with E-state index in [0.717, 1.165) is 6.07 Å². The summed E-state index contributed by atoms with van der Waals surface area (Å²) < 4.78 is 26.3. The highest BCUT2D eigenvalue weighted by Gasteiger charge is 2.19. The maximum atomic E-state index is 11.4. The quantitative estimate of drug-likeness (QED) is 0.0902. The number of rotatable bonds is 23. The van der Waals surface area contributed by atoms with E-state index in [9.17, 15) is 29.8 Å². The number of aliphatic carboxylic acids is 1. The molecule has 0 bridgehead atoms. The molecule has 0 heterocycles. The van der Waals surface area contributed by atoms with Gasteiger partial charge in [-0.3, -0.25) is 29.8 Å². The molecule has 1 aromatic rings. The Hall–Kier alpha value is -3.40. The van der Waals surface area contributed by atoms with Gasteiger partial charge in [-0.1, -0.05) is 0 Å². The van der Waals surface area contributed by atoms with Gasteiger partial charge in [0.05, 0.1) is 68.8 Å². The summed E-state index contributed by atoms with van der Waals surface area (Å²) in [6.45, 7) is 2.94. The first-order chi connectivity index (χ1) is 17.8. The third-order valence-corrected chi connectivity index (χ3v) is 4.58. The molecule has 2 N–H and O–H groups in total. The van der Waals surface area contributed by atoms with Crippen LogP contribution in [0.5, 0.6) is 0 Å². The van der Waals surface area contributed by atoms with Crippen LogP contribution < -0.4 is 5.32 Å². The Kier molecular flexibility index (Phi) is 16.9. The number of carbonyl (C=O) groups is 2. The fraction of sp³-hybridized carbons (Fsp3) is 0.636. The van der Waals surface area contributed by atoms with Crippen LogP contribution in [0.4, 0.5) is 17.1 Å². The minimum absolute atomic E-state index is 0.0384. The number of anilines is 1. The topological polar surface area (TPSA) is 199 Å². The number of unbranched alkanes of at least 4 members (excludes halogenated alkanes) is 1. The van der Waals surface area contributed by atoms with Gasteiger partial charge in [0, 0.05) is 25.5 Å². The van der Waals surface area contributed by atoms with Crippen LogP contribution in [0, 0.1) is 20.2 Å². The second kappa shape index (κ2) is 19.7. The standard InChI is InChI=1S/C22H33N3O12/c26-21(27)3-1-2-4-22(28)37-16-15-36-14-13-35-12-11-34-10-9-33-8-7-23-19-6-5-18(24(29)30)17-20(19)25(31)32/h5-6,17,23H,1-4,7-16H2,(H,26,27). The van der Waals surface area contributed by atoms with Gasteiger partial charge < -0.3 is 34.1 Å². The maximum Gasteiger partial charge on any atom is 0.305 e. The van der Waals surface area contributed by atoms with Gasteiger partial charge in [0.2, 0.25) is 0 Å². The van der Waals surface area contributed by atoms with Crippen LogP contribution in [0.15, 0.2) is 18.2 Å². The number of nitrogens with one attached hydrogen (secondary N) is 1. The van der Waals surface area contributed by atoms with Crippen molar-refractivity contribution in [2.24, 2.45) is 0 Å². The number of non-ortho nitro benzene ring substituents is 1. The molecule has 208 valence electrons. The van der Waals surface area contributed by atoms with Crippen molar-refractivity contribution in [3.63, 3.8) is 0 Å². The third kappa shape index (κ3) is 16.1. The van der Waals surface area contributed by atoms with E-state index in [0.29, 0.717) is 52.5 Å². The van der Waals surface area contributed by atoms with Gasteiger partial charge in [0.1, 0.15) is 12.3 Å². The highest BCUT2D eigenvalue weighted by molar-refractivity contribution is 5.69. The number of benzene rings is 1. The Morgan fingerprint density at radius 1 is 0.784 bits per heavy atom. The Labute approximate surface area is 213 Å². The summed E-state index contributed by atoms with van der Waals surface area (Å²) >= 11 is 0. The molecule has 0 aliphatic carbocycles. The van der Waals surface area contributed by atoms with Crippen molar-refractivity contribution in [1.82, 2.24) is 0 Å². The molecular weight excluding hydrogens is 498 g/mol. The van der Waals surface area contributed by atoms with Crippen molar-refractivity contribution >= 4 is 29.0 Å². The summed E-state index contributed by atoms with van der Waals surface area (Å²) in [5, 5.41) is 33.2. The van der Waals surface area contributed by atoms with Crippen molar-refractivity contribution in [1.29, 1.82) is 0 Å². The van der Waals surface area contributed by atoms with Crippen LogP contribution in [0.25, 0.3) is 0 Å². The molecular formula is C22H33N3O12. The fourth-order valence-corrected chi connectivity index (χ4v) is 2.79. The number of carbonyl (C=O) groups excluding carboxylic acids is 1. The largest absolute Gasteiger partial charge is 0.481 e. The molecule has 0 aliphatic rings. The molecule has 1 rings (SSSR count). The van der Waals surface area contributed by atoms with Crippen LogP contribution in [0.2, 0.25) is 0 Å². The van der Waals surface area contributed by atoms with Crippen LogP contribution >= 0.6 is 0 Å². The van der Waals surface area contributed by atoms with Crippen molar-refractivity contribution in [2.45, 2.75) is 25.7 Å². The smallest absolute Gasteiger partial charge is 0.305 e. The van der Waals surface area contributed by atoms with Gasteiger partial charge in [-0.2, -0.15) is 0 Å². The number of ether oxygens (including phenoxy) is 5. The SMILES string of the molecule is O=C(O)CCCCC(=O)OCCOCCOCCOCCOCCNc1ccc([N+](=O)[O-])cc1[N+](=O)[O-]. The van der Waals surface area contributed by atoms with E-state index in [4.69, 9.17) is 28.8 Å². The average molecular weight is 532 g/mol. The zero-order valence-corrected chi connectivity index (χ0v) is 20.5. The molecule has 0 saturated carbocycles.